The number of carbonyl (C=O) groups is 2. The molecule has 17 heavy (non-hydrogen) atoms. The lowest BCUT2D eigenvalue weighted by Crippen LogP contribution is -2.37. The first-order valence-corrected chi connectivity index (χ1v) is 5.82. The van der Waals surface area contributed by atoms with Crippen molar-refractivity contribution in [2.75, 3.05) is 6.54 Å². The van der Waals surface area contributed by atoms with E-state index in [0.717, 1.165) is 5.56 Å². The maximum Gasteiger partial charge on any atom is 0.224 e. The molecule has 90 valence electrons. The number of benzene rings is 1. The average molecular weight is 253 g/mol. The van der Waals surface area contributed by atoms with Gasteiger partial charge in [-0.2, -0.15) is 0 Å². The number of amides is 2. The van der Waals surface area contributed by atoms with E-state index in [9.17, 15) is 9.59 Å². The lowest BCUT2D eigenvalue weighted by Gasteiger charge is -2.10. The number of hydrogen-bond donors (Lipinski definition) is 2. The highest BCUT2D eigenvalue weighted by Crippen LogP contribution is 2.10. The Balaban J connectivity index is 1.85. The molecule has 0 saturated carbocycles. The Morgan fingerprint density at radius 2 is 2.12 bits per heavy atom. The molecule has 1 atom stereocenters. The molecule has 4 nitrogen and oxygen atoms in total. The fourth-order valence-electron chi connectivity index (χ4n) is 1.77. The molecule has 1 unspecified atom stereocenters. The van der Waals surface area contributed by atoms with E-state index in [0.29, 0.717) is 24.4 Å². The fraction of sp³-hybridized carbons (Fsp3) is 0.333. The van der Waals surface area contributed by atoms with Gasteiger partial charge in [-0.1, -0.05) is 23.7 Å². The lowest BCUT2D eigenvalue weighted by molar-refractivity contribution is -0.121. The Morgan fingerprint density at radius 3 is 2.71 bits per heavy atom. The molecule has 1 aliphatic rings. The van der Waals surface area contributed by atoms with Crippen LogP contribution in [0.15, 0.2) is 24.3 Å². The second-order valence-electron chi connectivity index (χ2n) is 4.08. The molecule has 2 amide bonds. The minimum Gasteiger partial charge on any atom is -0.354 e. The molecule has 0 radical (unpaired) electrons. The average Bonchev–Trinajstić information content (AvgIpc) is 2.67. The summed E-state index contributed by atoms with van der Waals surface area (Å²) in [6.45, 7) is 0.519. The molecule has 0 aromatic heterocycles. The molecule has 0 bridgehead atoms. The van der Waals surface area contributed by atoms with Crippen LogP contribution in [0, 0.1) is 0 Å². The van der Waals surface area contributed by atoms with Crippen LogP contribution in [0.25, 0.3) is 0 Å². The topological polar surface area (TPSA) is 58.2 Å². The van der Waals surface area contributed by atoms with E-state index < -0.39 is 0 Å². The summed E-state index contributed by atoms with van der Waals surface area (Å²) in [4.78, 5) is 22.6. The molecule has 1 aromatic carbocycles. The van der Waals surface area contributed by atoms with Crippen LogP contribution in [-0.4, -0.2) is 24.4 Å². The zero-order valence-corrected chi connectivity index (χ0v) is 9.96. The molecule has 0 spiro atoms. The number of carbonyl (C=O) groups excluding carboxylic acids is 2. The van der Waals surface area contributed by atoms with E-state index >= 15 is 0 Å². The Labute approximate surface area is 104 Å². The lowest BCUT2D eigenvalue weighted by atomic mass is 10.1. The van der Waals surface area contributed by atoms with Gasteiger partial charge in [0.2, 0.25) is 11.8 Å². The summed E-state index contributed by atoms with van der Waals surface area (Å²) in [6.07, 6.45) is 0.675. The molecule has 1 fully saturated rings. The maximum atomic E-state index is 11.7. The van der Waals surface area contributed by atoms with Gasteiger partial charge in [-0.05, 0) is 17.7 Å². The molecule has 2 N–H and O–H groups in total. The minimum atomic E-state index is -0.0812. The largest absolute Gasteiger partial charge is 0.354 e. The smallest absolute Gasteiger partial charge is 0.224 e. The van der Waals surface area contributed by atoms with E-state index in [4.69, 9.17) is 11.6 Å². The van der Waals surface area contributed by atoms with Gasteiger partial charge in [0, 0.05) is 18.0 Å². The number of rotatable bonds is 3. The van der Waals surface area contributed by atoms with Crippen molar-refractivity contribution in [2.24, 2.45) is 0 Å². The van der Waals surface area contributed by atoms with E-state index in [1.165, 1.54) is 0 Å². The van der Waals surface area contributed by atoms with Crippen LogP contribution < -0.4 is 10.6 Å². The van der Waals surface area contributed by atoms with Crippen molar-refractivity contribution in [3.8, 4) is 0 Å². The molecule has 5 heteroatoms. The predicted octanol–water partition coefficient (Wildman–Crippen LogP) is 0.887. The minimum absolute atomic E-state index is 0.0122. The zero-order valence-electron chi connectivity index (χ0n) is 9.20. The standard InChI is InChI=1S/C12H13ClN2O2/c13-9-3-1-8(2-4-9)5-12(17)15-10-6-11(16)14-7-10/h1-4,10H,5-7H2,(H,14,16)(H,15,17). The third-order valence-electron chi connectivity index (χ3n) is 2.62. The first-order chi connectivity index (χ1) is 8.13. The van der Waals surface area contributed by atoms with Gasteiger partial charge in [0.05, 0.1) is 12.5 Å². The van der Waals surface area contributed by atoms with Gasteiger partial charge in [0.15, 0.2) is 0 Å². The van der Waals surface area contributed by atoms with Crippen molar-refractivity contribution in [1.29, 1.82) is 0 Å². The highest BCUT2D eigenvalue weighted by molar-refractivity contribution is 6.30. The molecule has 2 rings (SSSR count). The molecule has 1 aliphatic heterocycles. The normalized spacial score (nSPS) is 18.9. The summed E-state index contributed by atoms with van der Waals surface area (Å²) >= 11 is 5.76. The third-order valence-corrected chi connectivity index (χ3v) is 2.87. The molecule has 1 heterocycles. The number of halogens is 1. The number of hydrogen-bond acceptors (Lipinski definition) is 2. The monoisotopic (exact) mass is 252 g/mol. The Kier molecular flexibility index (Phi) is 3.64. The van der Waals surface area contributed by atoms with Gasteiger partial charge in [-0.25, -0.2) is 0 Å². The summed E-state index contributed by atoms with van der Waals surface area (Å²) in [5, 5.41) is 6.14. The van der Waals surface area contributed by atoms with Gasteiger partial charge in [-0.3, -0.25) is 9.59 Å². The zero-order chi connectivity index (χ0) is 12.3. The summed E-state index contributed by atoms with van der Waals surface area (Å²) < 4.78 is 0. The van der Waals surface area contributed by atoms with Crippen LogP contribution in [0.1, 0.15) is 12.0 Å². The molecular formula is C12H13ClN2O2. The Morgan fingerprint density at radius 1 is 1.41 bits per heavy atom. The van der Waals surface area contributed by atoms with Crippen LogP contribution >= 0.6 is 11.6 Å². The second kappa shape index (κ2) is 5.19. The van der Waals surface area contributed by atoms with Crippen molar-refractivity contribution in [2.45, 2.75) is 18.9 Å². The van der Waals surface area contributed by atoms with Crippen molar-refractivity contribution in [3.05, 3.63) is 34.9 Å². The summed E-state index contributed by atoms with van der Waals surface area (Å²) in [6, 6.07) is 7.07. The summed E-state index contributed by atoms with van der Waals surface area (Å²) in [5.74, 6) is -0.0874. The van der Waals surface area contributed by atoms with Crippen LogP contribution in [0.2, 0.25) is 5.02 Å². The molecule has 0 aliphatic carbocycles. The van der Waals surface area contributed by atoms with E-state index in [2.05, 4.69) is 10.6 Å². The second-order valence-corrected chi connectivity index (χ2v) is 4.51. The Hall–Kier alpha value is -1.55. The van der Waals surface area contributed by atoms with Gasteiger partial charge >= 0.3 is 0 Å². The van der Waals surface area contributed by atoms with Crippen molar-refractivity contribution in [3.63, 3.8) is 0 Å². The highest BCUT2D eigenvalue weighted by Gasteiger charge is 2.22. The first kappa shape index (κ1) is 11.9. The quantitative estimate of drug-likeness (QED) is 0.839. The van der Waals surface area contributed by atoms with Gasteiger partial charge in [0.1, 0.15) is 0 Å². The van der Waals surface area contributed by atoms with E-state index in [1.54, 1.807) is 12.1 Å². The van der Waals surface area contributed by atoms with E-state index in [1.807, 2.05) is 12.1 Å². The maximum absolute atomic E-state index is 11.7. The summed E-state index contributed by atoms with van der Waals surface area (Å²) in [5.41, 5.74) is 0.907. The van der Waals surface area contributed by atoms with Gasteiger partial charge in [0.25, 0.3) is 0 Å². The predicted molar refractivity (Wildman–Crippen MR) is 64.7 cm³/mol. The SMILES string of the molecule is O=C1CC(NC(=O)Cc2ccc(Cl)cc2)CN1. The van der Waals surface area contributed by atoms with Crippen molar-refractivity contribution in [1.82, 2.24) is 10.6 Å². The number of nitrogens with one attached hydrogen (secondary N) is 2. The highest BCUT2D eigenvalue weighted by atomic mass is 35.5. The molecular weight excluding hydrogens is 240 g/mol. The van der Waals surface area contributed by atoms with Crippen molar-refractivity contribution >= 4 is 23.4 Å². The Bertz CT molecular complexity index is 431. The van der Waals surface area contributed by atoms with Gasteiger partial charge in [-0.15, -0.1) is 0 Å². The van der Waals surface area contributed by atoms with Crippen molar-refractivity contribution < 1.29 is 9.59 Å². The third kappa shape index (κ3) is 3.46. The summed E-state index contributed by atoms with van der Waals surface area (Å²) in [7, 11) is 0. The van der Waals surface area contributed by atoms with E-state index in [-0.39, 0.29) is 17.9 Å². The fourth-order valence-corrected chi connectivity index (χ4v) is 1.90. The molecule has 1 aromatic rings. The van der Waals surface area contributed by atoms with Crippen LogP contribution in [0.3, 0.4) is 0 Å². The van der Waals surface area contributed by atoms with Gasteiger partial charge < -0.3 is 10.6 Å². The first-order valence-electron chi connectivity index (χ1n) is 5.44. The van der Waals surface area contributed by atoms with Crippen LogP contribution in [0.5, 0.6) is 0 Å². The molecule has 1 saturated heterocycles. The van der Waals surface area contributed by atoms with Crippen LogP contribution in [0.4, 0.5) is 0 Å². The van der Waals surface area contributed by atoms with Crippen LogP contribution in [-0.2, 0) is 16.0 Å².